The van der Waals surface area contributed by atoms with E-state index in [1.165, 1.54) is 64.7 Å². The molecule has 3 nitrogen and oxygen atoms in total. The molecule has 0 aromatic rings. The van der Waals surface area contributed by atoms with Crippen LogP contribution >= 0.6 is 0 Å². The van der Waals surface area contributed by atoms with Gasteiger partial charge in [0.25, 0.3) is 0 Å². The maximum Gasteiger partial charge on any atom is 0.0195 e. The van der Waals surface area contributed by atoms with E-state index in [-0.39, 0.29) is 0 Å². The molecule has 0 aromatic carbocycles. The fourth-order valence-corrected chi connectivity index (χ4v) is 3.82. The summed E-state index contributed by atoms with van der Waals surface area (Å²) in [6.45, 7) is 8.21. The van der Waals surface area contributed by atoms with Crippen LogP contribution in [0.15, 0.2) is 0 Å². The van der Waals surface area contributed by atoms with Gasteiger partial charge in [-0.15, -0.1) is 0 Å². The predicted molar refractivity (Wildman–Crippen MR) is 77.7 cm³/mol. The molecule has 1 heterocycles. The third kappa shape index (κ3) is 3.46. The molecule has 0 radical (unpaired) electrons. The summed E-state index contributed by atoms with van der Waals surface area (Å²) >= 11 is 0. The van der Waals surface area contributed by atoms with Crippen molar-refractivity contribution in [3.8, 4) is 0 Å². The number of nitrogens with two attached hydrogens (primary N) is 1. The lowest BCUT2D eigenvalue weighted by Crippen LogP contribution is -2.48. The van der Waals surface area contributed by atoms with Crippen molar-refractivity contribution in [2.45, 2.75) is 51.5 Å². The Morgan fingerprint density at radius 1 is 1.11 bits per heavy atom. The van der Waals surface area contributed by atoms with E-state index < -0.39 is 0 Å². The monoisotopic (exact) mass is 253 g/mol. The second kappa shape index (κ2) is 6.36. The molecule has 0 bridgehead atoms. The molecule has 2 fully saturated rings. The Kier molecular flexibility index (Phi) is 5.05. The molecular formula is C15H31N3. The summed E-state index contributed by atoms with van der Waals surface area (Å²) in [7, 11) is 2.25. The molecular weight excluding hydrogens is 222 g/mol. The Hall–Kier alpha value is -0.120. The van der Waals surface area contributed by atoms with Gasteiger partial charge in [-0.2, -0.15) is 0 Å². The van der Waals surface area contributed by atoms with Crippen molar-refractivity contribution in [2.24, 2.45) is 11.1 Å². The average Bonchev–Trinajstić information content (AvgIpc) is 2.52. The highest BCUT2D eigenvalue weighted by Gasteiger charge is 2.34. The summed E-state index contributed by atoms with van der Waals surface area (Å²) in [4.78, 5) is 5.18. The summed E-state index contributed by atoms with van der Waals surface area (Å²) in [5, 5.41) is 0. The van der Waals surface area contributed by atoms with Gasteiger partial charge < -0.3 is 10.6 Å². The molecule has 1 aliphatic carbocycles. The average molecular weight is 253 g/mol. The summed E-state index contributed by atoms with van der Waals surface area (Å²) < 4.78 is 0. The SMILES string of the molecule is CC1CN(C)CCCN1CC1(CN)CCCCC1. The minimum absolute atomic E-state index is 0.426. The van der Waals surface area contributed by atoms with Gasteiger partial charge in [-0.1, -0.05) is 19.3 Å². The largest absolute Gasteiger partial charge is 0.330 e. The smallest absolute Gasteiger partial charge is 0.0195 e. The van der Waals surface area contributed by atoms with E-state index in [0.717, 1.165) is 6.54 Å². The summed E-state index contributed by atoms with van der Waals surface area (Å²) in [5.41, 5.74) is 6.56. The predicted octanol–water partition coefficient (Wildman–Crippen LogP) is 1.92. The van der Waals surface area contributed by atoms with E-state index in [1.54, 1.807) is 0 Å². The van der Waals surface area contributed by atoms with Crippen LogP contribution in [0.2, 0.25) is 0 Å². The lowest BCUT2D eigenvalue weighted by Gasteiger charge is -2.42. The number of nitrogens with zero attached hydrogens (tertiary/aromatic N) is 2. The van der Waals surface area contributed by atoms with Crippen LogP contribution in [0, 0.1) is 5.41 Å². The molecule has 1 atom stereocenters. The molecule has 2 N–H and O–H groups in total. The molecule has 2 rings (SSSR count). The summed E-state index contributed by atoms with van der Waals surface area (Å²) in [5.74, 6) is 0. The van der Waals surface area contributed by atoms with Crippen LogP contribution in [0.3, 0.4) is 0 Å². The van der Waals surface area contributed by atoms with Crippen molar-refractivity contribution in [2.75, 3.05) is 39.8 Å². The summed E-state index contributed by atoms with van der Waals surface area (Å²) in [6.07, 6.45) is 8.20. The highest BCUT2D eigenvalue weighted by atomic mass is 15.2. The molecule has 1 saturated heterocycles. The van der Waals surface area contributed by atoms with Gasteiger partial charge in [0.15, 0.2) is 0 Å². The Morgan fingerprint density at radius 2 is 1.83 bits per heavy atom. The van der Waals surface area contributed by atoms with Gasteiger partial charge in [-0.05, 0) is 58.3 Å². The molecule has 18 heavy (non-hydrogen) atoms. The fraction of sp³-hybridized carbons (Fsp3) is 1.00. The van der Waals surface area contributed by atoms with Gasteiger partial charge in [-0.3, -0.25) is 4.90 Å². The number of hydrogen-bond acceptors (Lipinski definition) is 3. The first-order valence-electron chi connectivity index (χ1n) is 7.78. The molecule has 106 valence electrons. The quantitative estimate of drug-likeness (QED) is 0.834. The number of rotatable bonds is 3. The van der Waals surface area contributed by atoms with Crippen LogP contribution < -0.4 is 5.73 Å². The van der Waals surface area contributed by atoms with Gasteiger partial charge in [0.1, 0.15) is 0 Å². The van der Waals surface area contributed by atoms with E-state index in [0.29, 0.717) is 11.5 Å². The maximum absolute atomic E-state index is 6.13. The van der Waals surface area contributed by atoms with E-state index in [2.05, 4.69) is 23.8 Å². The van der Waals surface area contributed by atoms with E-state index in [9.17, 15) is 0 Å². The third-order valence-electron chi connectivity index (χ3n) is 5.07. The van der Waals surface area contributed by atoms with Crippen molar-refractivity contribution in [1.29, 1.82) is 0 Å². The van der Waals surface area contributed by atoms with Gasteiger partial charge in [-0.25, -0.2) is 0 Å². The topological polar surface area (TPSA) is 32.5 Å². The highest BCUT2D eigenvalue weighted by molar-refractivity contribution is 4.89. The summed E-state index contributed by atoms with van der Waals surface area (Å²) in [6, 6.07) is 0.683. The van der Waals surface area contributed by atoms with Crippen LogP contribution in [-0.4, -0.2) is 55.6 Å². The van der Waals surface area contributed by atoms with Crippen molar-refractivity contribution in [3.63, 3.8) is 0 Å². The molecule has 1 aliphatic heterocycles. The van der Waals surface area contributed by atoms with Gasteiger partial charge >= 0.3 is 0 Å². The van der Waals surface area contributed by atoms with E-state index in [1.807, 2.05) is 0 Å². The molecule has 3 heteroatoms. The zero-order chi connectivity index (χ0) is 13.0. The third-order valence-corrected chi connectivity index (χ3v) is 5.07. The van der Waals surface area contributed by atoms with E-state index in [4.69, 9.17) is 5.73 Å². The van der Waals surface area contributed by atoms with Gasteiger partial charge in [0.05, 0.1) is 0 Å². The minimum atomic E-state index is 0.426. The Bertz CT molecular complexity index is 248. The lowest BCUT2D eigenvalue weighted by molar-refractivity contribution is 0.0872. The zero-order valence-corrected chi connectivity index (χ0v) is 12.3. The van der Waals surface area contributed by atoms with Gasteiger partial charge in [0, 0.05) is 19.1 Å². The Morgan fingerprint density at radius 3 is 2.50 bits per heavy atom. The Balaban J connectivity index is 1.97. The van der Waals surface area contributed by atoms with Crippen LogP contribution in [0.25, 0.3) is 0 Å². The Labute approximate surface area is 113 Å². The number of hydrogen-bond donors (Lipinski definition) is 1. The van der Waals surface area contributed by atoms with Crippen LogP contribution in [0.1, 0.15) is 45.4 Å². The molecule has 2 aliphatic rings. The minimum Gasteiger partial charge on any atom is -0.330 e. The zero-order valence-electron chi connectivity index (χ0n) is 12.3. The van der Waals surface area contributed by atoms with Gasteiger partial charge in [0.2, 0.25) is 0 Å². The molecule has 1 unspecified atom stereocenters. The van der Waals surface area contributed by atoms with Crippen molar-refractivity contribution >= 4 is 0 Å². The molecule has 0 spiro atoms. The van der Waals surface area contributed by atoms with Crippen molar-refractivity contribution in [3.05, 3.63) is 0 Å². The molecule has 0 aromatic heterocycles. The number of likely N-dealkylation sites (N-methyl/N-ethyl adjacent to an activating group) is 1. The second-order valence-electron chi connectivity index (χ2n) is 6.70. The molecule has 1 saturated carbocycles. The van der Waals surface area contributed by atoms with Crippen LogP contribution in [0.5, 0.6) is 0 Å². The van der Waals surface area contributed by atoms with Crippen molar-refractivity contribution < 1.29 is 0 Å². The first kappa shape index (κ1) is 14.3. The van der Waals surface area contributed by atoms with Crippen LogP contribution in [-0.2, 0) is 0 Å². The maximum atomic E-state index is 6.13. The highest BCUT2D eigenvalue weighted by Crippen LogP contribution is 2.36. The fourth-order valence-electron chi connectivity index (χ4n) is 3.82. The van der Waals surface area contributed by atoms with E-state index >= 15 is 0 Å². The second-order valence-corrected chi connectivity index (χ2v) is 6.70. The standard InChI is InChI=1S/C15H31N3/c1-14-11-17(2)9-6-10-18(14)13-15(12-16)7-4-3-5-8-15/h14H,3-13,16H2,1-2H3. The van der Waals surface area contributed by atoms with Crippen LogP contribution in [0.4, 0.5) is 0 Å². The first-order valence-corrected chi connectivity index (χ1v) is 7.78. The first-order chi connectivity index (χ1) is 8.65. The van der Waals surface area contributed by atoms with Crippen molar-refractivity contribution in [1.82, 2.24) is 9.80 Å². The molecule has 0 amide bonds. The lowest BCUT2D eigenvalue weighted by atomic mass is 9.73. The normalized spacial score (nSPS) is 31.2.